The lowest BCUT2D eigenvalue weighted by atomic mass is 9.81. The second-order valence-corrected chi connectivity index (χ2v) is 7.80. The number of benzene rings is 1. The lowest BCUT2D eigenvalue weighted by molar-refractivity contribution is 0.286. The van der Waals surface area contributed by atoms with Crippen LogP contribution in [0.5, 0.6) is 0 Å². The standard InChI is InChI=1S/C14H21ClN2O2S/c1-10(8-11-4-3-5-11)16-12-6-7-14(13(15)9-12)17-20(2,18)19/h6-7,9-11,16-17H,3-5,8H2,1-2H3. The van der Waals surface area contributed by atoms with E-state index in [1.807, 2.05) is 6.07 Å². The summed E-state index contributed by atoms with van der Waals surface area (Å²) in [5, 5.41) is 3.81. The molecule has 6 heteroatoms. The summed E-state index contributed by atoms with van der Waals surface area (Å²) in [4.78, 5) is 0. The Morgan fingerprint density at radius 3 is 2.60 bits per heavy atom. The van der Waals surface area contributed by atoms with Gasteiger partial charge in [0, 0.05) is 11.7 Å². The number of anilines is 2. The van der Waals surface area contributed by atoms with E-state index in [0.29, 0.717) is 16.8 Å². The van der Waals surface area contributed by atoms with E-state index in [2.05, 4.69) is 17.0 Å². The Hall–Kier alpha value is -0.940. The molecule has 2 N–H and O–H groups in total. The van der Waals surface area contributed by atoms with E-state index in [4.69, 9.17) is 11.6 Å². The summed E-state index contributed by atoms with van der Waals surface area (Å²) in [5.74, 6) is 0.846. The van der Waals surface area contributed by atoms with Gasteiger partial charge in [0.2, 0.25) is 10.0 Å². The third kappa shape index (κ3) is 4.56. The first-order chi connectivity index (χ1) is 9.33. The molecule has 2 rings (SSSR count). The van der Waals surface area contributed by atoms with Gasteiger partial charge in [0.1, 0.15) is 0 Å². The monoisotopic (exact) mass is 316 g/mol. The molecule has 4 nitrogen and oxygen atoms in total. The molecule has 0 radical (unpaired) electrons. The Bertz CT molecular complexity index is 571. The highest BCUT2D eigenvalue weighted by Crippen LogP contribution is 2.32. The number of sulfonamides is 1. The largest absolute Gasteiger partial charge is 0.383 e. The average molecular weight is 317 g/mol. The summed E-state index contributed by atoms with van der Waals surface area (Å²) in [6.45, 7) is 2.16. The van der Waals surface area contributed by atoms with Crippen molar-refractivity contribution in [2.45, 2.75) is 38.6 Å². The SMILES string of the molecule is CC(CC1CCC1)Nc1ccc(NS(C)(=O)=O)c(Cl)c1. The van der Waals surface area contributed by atoms with Gasteiger partial charge in [-0.15, -0.1) is 0 Å². The molecule has 0 heterocycles. The summed E-state index contributed by atoms with van der Waals surface area (Å²) in [6, 6.07) is 5.68. The Kier molecular flexibility index (Phi) is 4.81. The Morgan fingerprint density at radius 1 is 1.40 bits per heavy atom. The molecule has 1 unspecified atom stereocenters. The molecule has 0 bridgehead atoms. The number of rotatable bonds is 6. The van der Waals surface area contributed by atoms with E-state index in [9.17, 15) is 8.42 Å². The lowest BCUT2D eigenvalue weighted by Gasteiger charge is -2.29. The van der Waals surface area contributed by atoms with Crippen molar-refractivity contribution in [3.8, 4) is 0 Å². The van der Waals surface area contributed by atoms with Crippen LogP contribution in [0.3, 0.4) is 0 Å². The zero-order chi connectivity index (χ0) is 14.8. The molecule has 1 atom stereocenters. The zero-order valence-electron chi connectivity index (χ0n) is 11.8. The van der Waals surface area contributed by atoms with Crippen LogP contribution in [-0.4, -0.2) is 20.7 Å². The molecule has 1 aliphatic carbocycles. The van der Waals surface area contributed by atoms with Crippen molar-refractivity contribution in [3.63, 3.8) is 0 Å². The maximum absolute atomic E-state index is 11.2. The molecule has 0 spiro atoms. The number of halogens is 1. The molecule has 0 saturated heterocycles. The molecule has 20 heavy (non-hydrogen) atoms. The van der Waals surface area contributed by atoms with Gasteiger partial charge in [0.25, 0.3) is 0 Å². The molecular formula is C14H21ClN2O2S. The van der Waals surface area contributed by atoms with E-state index in [-0.39, 0.29) is 0 Å². The Balaban J connectivity index is 1.97. The summed E-state index contributed by atoms with van der Waals surface area (Å²) in [5.41, 5.74) is 1.33. The van der Waals surface area contributed by atoms with Gasteiger partial charge in [-0.1, -0.05) is 30.9 Å². The summed E-state index contributed by atoms with van der Waals surface area (Å²) >= 11 is 6.10. The fourth-order valence-electron chi connectivity index (χ4n) is 2.46. The van der Waals surface area contributed by atoms with Gasteiger partial charge in [-0.05, 0) is 37.5 Å². The average Bonchev–Trinajstić information content (AvgIpc) is 2.26. The summed E-state index contributed by atoms with van der Waals surface area (Å²) in [7, 11) is -3.30. The van der Waals surface area contributed by atoms with Gasteiger partial charge in [0.05, 0.1) is 17.0 Å². The van der Waals surface area contributed by atoms with Gasteiger partial charge < -0.3 is 5.32 Å². The predicted octanol–water partition coefficient (Wildman–Crippen LogP) is 3.70. The van der Waals surface area contributed by atoms with Crippen molar-refractivity contribution >= 4 is 33.0 Å². The minimum atomic E-state index is -3.30. The molecule has 1 saturated carbocycles. The first kappa shape index (κ1) is 15.4. The van der Waals surface area contributed by atoms with Crippen molar-refractivity contribution < 1.29 is 8.42 Å². The third-order valence-corrected chi connectivity index (χ3v) is 4.49. The predicted molar refractivity (Wildman–Crippen MR) is 85.0 cm³/mol. The highest BCUT2D eigenvalue weighted by Gasteiger charge is 2.19. The van der Waals surface area contributed by atoms with Crippen LogP contribution >= 0.6 is 11.6 Å². The maximum Gasteiger partial charge on any atom is 0.229 e. The molecule has 1 aromatic carbocycles. The van der Waals surface area contributed by atoms with Gasteiger partial charge in [-0.2, -0.15) is 0 Å². The Morgan fingerprint density at radius 2 is 2.10 bits per heavy atom. The van der Waals surface area contributed by atoms with E-state index in [1.54, 1.807) is 12.1 Å². The van der Waals surface area contributed by atoms with Gasteiger partial charge in [0.15, 0.2) is 0 Å². The maximum atomic E-state index is 11.2. The lowest BCUT2D eigenvalue weighted by Crippen LogP contribution is -2.23. The number of hydrogen-bond donors (Lipinski definition) is 2. The minimum absolute atomic E-state index is 0.394. The summed E-state index contributed by atoms with van der Waals surface area (Å²) < 4.78 is 24.8. The summed E-state index contributed by atoms with van der Waals surface area (Å²) in [6.07, 6.45) is 6.31. The molecule has 112 valence electrons. The van der Waals surface area contributed by atoms with E-state index < -0.39 is 10.0 Å². The quantitative estimate of drug-likeness (QED) is 0.841. The van der Waals surface area contributed by atoms with Crippen molar-refractivity contribution in [3.05, 3.63) is 23.2 Å². The van der Waals surface area contributed by atoms with Crippen molar-refractivity contribution in [2.75, 3.05) is 16.3 Å². The van der Waals surface area contributed by atoms with E-state index in [1.165, 1.54) is 25.7 Å². The second kappa shape index (κ2) is 6.22. The zero-order valence-corrected chi connectivity index (χ0v) is 13.4. The van der Waals surface area contributed by atoms with Gasteiger partial charge in [-0.25, -0.2) is 8.42 Å². The Labute approximate surface area is 126 Å². The van der Waals surface area contributed by atoms with Crippen LogP contribution in [0.2, 0.25) is 5.02 Å². The fraction of sp³-hybridized carbons (Fsp3) is 0.571. The number of hydrogen-bond acceptors (Lipinski definition) is 3. The normalized spacial score (nSPS) is 17.4. The van der Waals surface area contributed by atoms with E-state index >= 15 is 0 Å². The molecule has 1 aliphatic rings. The first-order valence-electron chi connectivity index (χ1n) is 6.87. The van der Waals surface area contributed by atoms with Crippen LogP contribution in [0.4, 0.5) is 11.4 Å². The highest BCUT2D eigenvalue weighted by atomic mass is 35.5. The van der Waals surface area contributed by atoms with Crippen molar-refractivity contribution in [1.29, 1.82) is 0 Å². The second-order valence-electron chi connectivity index (χ2n) is 5.65. The van der Waals surface area contributed by atoms with Crippen molar-refractivity contribution in [2.24, 2.45) is 5.92 Å². The topological polar surface area (TPSA) is 58.2 Å². The molecule has 1 aromatic rings. The van der Waals surface area contributed by atoms with Crippen LogP contribution in [-0.2, 0) is 10.0 Å². The smallest absolute Gasteiger partial charge is 0.229 e. The molecule has 0 aliphatic heterocycles. The van der Waals surface area contributed by atoms with E-state index in [0.717, 1.165) is 17.9 Å². The highest BCUT2D eigenvalue weighted by molar-refractivity contribution is 7.92. The van der Waals surface area contributed by atoms with Gasteiger partial charge in [-0.3, -0.25) is 4.72 Å². The molecule has 0 aromatic heterocycles. The van der Waals surface area contributed by atoms with Gasteiger partial charge >= 0.3 is 0 Å². The number of nitrogens with one attached hydrogen (secondary N) is 2. The minimum Gasteiger partial charge on any atom is -0.383 e. The van der Waals surface area contributed by atoms with Crippen molar-refractivity contribution in [1.82, 2.24) is 0 Å². The molecule has 0 amide bonds. The molecular weight excluding hydrogens is 296 g/mol. The van der Waals surface area contributed by atoms with Crippen LogP contribution in [0.25, 0.3) is 0 Å². The van der Waals surface area contributed by atoms with Crippen LogP contribution in [0.1, 0.15) is 32.6 Å². The third-order valence-electron chi connectivity index (χ3n) is 3.59. The van der Waals surface area contributed by atoms with Crippen LogP contribution in [0, 0.1) is 5.92 Å². The van der Waals surface area contributed by atoms with Crippen LogP contribution < -0.4 is 10.0 Å². The fourth-order valence-corrected chi connectivity index (χ4v) is 3.32. The van der Waals surface area contributed by atoms with Crippen LogP contribution in [0.15, 0.2) is 18.2 Å². The molecule has 1 fully saturated rings. The first-order valence-corrected chi connectivity index (χ1v) is 9.14.